The number of aromatic nitrogens is 2. The van der Waals surface area contributed by atoms with E-state index >= 15 is 0 Å². The second-order valence-corrected chi connectivity index (χ2v) is 36.2. The minimum absolute atomic E-state index is 0.0595. The summed E-state index contributed by atoms with van der Waals surface area (Å²) in [4.78, 5) is 38.9. The summed E-state index contributed by atoms with van der Waals surface area (Å²) < 4.78 is 3.01. The number of nitrogens with zero attached hydrogens (tertiary/aromatic N) is 1. The molecule has 5 nitrogen and oxygen atoms in total. The molecule has 2 aromatic heterocycles. The Morgan fingerprint density at radius 2 is 0.500 bits per heavy atom. The third kappa shape index (κ3) is 20.1. The predicted molar refractivity (Wildman–Crippen MR) is 485 cm³/mol. The van der Waals surface area contributed by atoms with Gasteiger partial charge in [-0.25, -0.2) is 0 Å². The third-order valence-electron chi connectivity index (χ3n) is 19.2. The summed E-state index contributed by atoms with van der Waals surface area (Å²) in [6, 6.07) is 129. The maximum Gasteiger partial charge on any atom is 0.192 e. The van der Waals surface area contributed by atoms with Gasteiger partial charge in [-0.1, -0.05) is 380 Å². The van der Waals surface area contributed by atoms with Crippen LogP contribution in [0.4, 0.5) is 0 Å². The van der Waals surface area contributed by atoms with E-state index in [-0.39, 0.29) is 10.9 Å². The first kappa shape index (κ1) is 80.4. The molecular weight excluding hydrogens is 1480 g/mol. The molecule has 0 bridgehead atoms. The fourth-order valence-electron chi connectivity index (χ4n) is 13.4. The van der Waals surface area contributed by atoms with E-state index in [0.29, 0.717) is 5.56 Å². The largest absolute Gasteiger partial charge is 0.360 e. The van der Waals surface area contributed by atoms with Gasteiger partial charge >= 0.3 is 0 Å². The number of aldehydes is 1. The molecule has 0 fully saturated rings. The highest BCUT2D eigenvalue weighted by atomic mass is 79.9. The van der Waals surface area contributed by atoms with E-state index in [1.807, 2.05) is 73.2 Å². The number of carbonyl (C=O) groups excluding carboxylic acids is 1. The van der Waals surface area contributed by atoms with Crippen LogP contribution in [0.2, 0.25) is 0 Å². The van der Waals surface area contributed by atoms with Gasteiger partial charge in [-0.15, -0.1) is 0 Å². The summed E-state index contributed by atoms with van der Waals surface area (Å²) in [5.74, 6) is 0. The summed E-state index contributed by atoms with van der Waals surface area (Å²) in [6.45, 7) is 15.4. The number of carbonyl (C=O) groups is 1. The Hall–Kier alpha value is -10.6. The lowest BCUT2D eigenvalue weighted by molar-refractivity contribution is 0.112. The van der Waals surface area contributed by atoms with E-state index in [9.17, 15) is 14.4 Å². The van der Waals surface area contributed by atoms with E-state index in [1.54, 1.807) is 6.20 Å². The van der Waals surface area contributed by atoms with Crippen LogP contribution in [0.15, 0.2) is 390 Å². The zero-order valence-corrected chi connectivity index (χ0v) is 68.9. The van der Waals surface area contributed by atoms with Gasteiger partial charge in [-0.2, -0.15) is 0 Å². The van der Waals surface area contributed by atoms with Crippen molar-refractivity contribution in [1.29, 1.82) is 0 Å². The molecule has 0 aliphatic heterocycles. The molecular formula is C100H91BrN2O3P4. The molecule has 0 atom stereocenters. The van der Waals surface area contributed by atoms with Crippen molar-refractivity contribution in [3.63, 3.8) is 0 Å². The number of nitrogens with one attached hydrogen (secondary N) is 1. The standard InChI is InChI=1S/4C18H15P.C15H17NO2.C13H14BrNO/c4*1-4-10-16(11-5-1)19(17-12-6-2-7-13-17)18-14-8-3-9-15-18;1-8-6-16(5)14-11(4)12(7-17)9(2)10(3)13(14)15(8)18;1-6-5-15-12-9(4)11(14)8(3)7(2)10(12)13(6)16/h4*1-15H;6-7H,1-5H3;5H,1-4H3,(H,15,16). The summed E-state index contributed by atoms with van der Waals surface area (Å²) in [5, 5.41) is 18.3. The van der Waals surface area contributed by atoms with Gasteiger partial charge in [0.25, 0.3) is 0 Å². The number of halogens is 1. The first-order valence-corrected chi connectivity index (χ1v) is 42.9. The van der Waals surface area contributed by atoms with Gasteiger partial charge in [0, 0.05) is 51.4 Å². The molecule has 16 aromatic rings. The molecule has 0 aliphatic rings. The van der Waals surface area contributed by atoms with Gasteiger partial charge in [-0.05, 0) is 184 Å². The number of aryl methyl sites for hydroxylation is 7. The van der Waals surface area contributed by atoms with Gasteiger partial charge in [0.2, 0.25) is 0 Å². The molecule has 14 aromatic carbocycles. The highest BCUT2D eigenvalue weighted by Gasteiger charge is 2.21. The van der Waals surface area contributed by atoms with Crippen molar-refractivity contribution in [3.8, 4) is 0 Å². The molecule has 0 radical (unpaired) electrons. The molecule has 2 heterocycles. The van der Waals surface area contributed by atoms with Crippen LogP contribution in [-0.4, -0.2) is 15.8 Å². The Morgan fingerprint density at radius 1 is 0.282 bits per heavy atom. The van der Waals surface area contributed by atoms with Crippen molar-refractivity contribution in [3.05, 3.63) is 451 Å². The Bertz CT molecular complexity index is 4850. The molecule has 0 amide bonds. The van der Waals surface area contributed by atoms with Crippen LogP contribution in [0.5, 0.6) is 0 Å². The van der Waals surface area contributed by atoms with Gasteiger partial charge in [0.15, 0.2) is 17.1 Å². The first-order chi connectivity index (χ1) is 53.6. The van der Waals surface area contributed by atoms with Gasteiger partial charge < -0.3 is 9.55 Å². The lowest BCUT2D eigenvalue weighted by Crippen LogP contribution is -2.20. The lowest BCUT2D eigenvalue weighted by atomic mass is 9.93. The Morgan fingerprint density at radius 3 is 0.727 bits per heavy atom. The summed E-state index contributed by atoms with van der Waals surface area (Å²) in [7, 11) is 0.124. The minimum Gasteiger partial charge on any atom is -0.360 e. The number of benzene rings is 14. The van der Waals surface area contributed by atoms with Gasteiger partial charge in [-0.3, -0.25) is 14.4 Å². The molecule has 1 N–H and O–H groups in total. The van der Waals surface area contributed by atoms with Gasteiger partial charge in [0.05, 0.1) is 11.0 Å². The number of hydrogen-bond donors (Lipinski definition) is 1. The Balaban J connectivity index is 0.000000131. The van der Waals surface area contributed by atoms with Crippen LogP contribution in [0.3, 0.4) is 0 Å². The van der Waals surface area contributed by atoms with Crippen molar-refractivity contribution in [1.82, 2.24) is 9.55 Å². The zero-order chi connectivity index (χ0) is 77.3. The molecule has 16 rings (SSSR count). The van der Waals surface area contributed by atoms with Crippen molar-refractivity contribution in [2.75, 3.05) is 0 Å². The summed E-state index contributed by atoms with van der Waals surface area (Å²) >= 11 is 3.57. The number of hydrogen-bond acceptors (Lipinski definition) is 3. The van der Waals surface area contributed by atoms with Crippen molar-refractivity contribution >= 4 is 139 Å². The molecule has 0 unspecified atom stereocenters. The summed E-state index contributed by atoms with van der Waals surface area (Å²) in [5.41, 5.74) is 10.1. The number of fused-ring (bicyclic) bond motifs is 2. The van der Waals surface area contributed by atoms with Crippen LogP contribution >= 0.6 is 47.6 Å². The Labute approximate surface area is 662 Å². The van der Waals surface area contributed by atoms with Crippen LogP contribution < -0.4 is 74.5 Å². The number of H-pyrrole nitrogens is 1. The third-order valence-corrected chi connectivity index (χ3v) is 30.2. The average molecular weight is 1570 g/mol. The first-order valence-electron chi connectivity index (χ1n) is 36.8. The fraction of sp³-hybridized carbons (Fsp3) is 0.0900. The highest BCUT2D eigenvalue weighted by Crippen LogP contribution is 2.37. The number of rotatable bonds is 13. The molecule has 0 saturated carbocycles. The van der Waals surface area contributed by atoms with E-state index in [4.69, 9.17) is 0 Å². The van der Waals surface area contributed by atoms with Crippen LogP contribution in [-0.2, 0) is 7.05 Å². The maximum atomic E-state index is 12.3. The van der Waals surface area contributed by atoms with Crippen LogP contribution in [0, 0.1) is 55.4 Å². The minimum atomic E-state index is -0.446. The molecule has 10 heteroatoms. The number of aromatic amines is 1. The normalized spacial score (nSPS) is 10.7. The van der Waals surface area contributed by atoms with Gasteiger partial charge in [0.1, 0.15) is 0 Å². The summed E-state index contributed by atoms with van der Waals surface area (Å²) in [6.07, 6.45) is 4.47. The monoisotopic (exact) mass is 1570 g/mol. The van der Waals surface area contributed by atoms with Crippen molar-refractivity contribution in [2.45, 2.75) is 55.4 Å². The smallest absolute Gasteiger partial charge is 0.192 e. The second-order valence-electron chi connectivity index (χ2n) is 26.5. The maximum absolute atomic E-state index is 12.3. The van der Waals surface area contributed by atoms with E-state index in [0.717, 1.165) is 77.1 Å². The van der Waals surface area contributed by atoms with Crippen molar-refractivity contribution < 1.29 is 4.79 Å². The zero-order valence-electron chi connectivity index (χ0n) is 63.7. The van der Waals surface area contributed by atoms with E-state index in [2.05, 4.69) is 385 Å². The lowest BCUT2D eigenvalue weighted by Gasteiger charge is -2.18. The van der Waals surface area contributed by atoms with Crippen molar-refractivity contribution in [2.24, 2.45) is 7.05 Å². The molecule has 0 aliphatic carbocycles. The Kier molecular flexibility index (Phi) is 29.4. The molecule has 546 valence electrons. The topological polar surface area (TPSA) is 71.9 Å². The van der Waals surface area contributed by atoms with E-state index < -0.39 is 31.7 Å². The van der Waals surface area contributed by atoms with Crippen LogP contribution in [0.25, 0.3) is 21.8 Å². The molecule has 0 saturated heterocycles. The van der Waals surface area contributed by atoms with E-state index in [1.165, 1.54) is 63.7 Å². The molecule has 0 spiro atoms. The SMILES string of the molecule is Cc1c(Br)c(C)c2[nH]cc(C)c(=O)c2c1C.Cc1c(C=O)c(C)c2c(c1C)c(=O)c(C)cn2C.c1ccc(P(c2ccccc2)c2ccccc2)cc1.c1ccc(P(c2ccccc2)c2ccccc2)cc1.c1ccc(P(c2ccccc2)c2ccccc2)cc1.c1ccc(P(c2ccccc2)c2ccccc2)cc1. The van der Waals surface area contributed by atoms with Crippen LogP contribution in [0.1, 0.15) is 54.9 Å². The average Bonchev–Trinajstić information content (AvgIpc) is 0.774. The fourth-order valence-corrected chi connectivity index (χ4v) is 23.1. The second kappa shape index (κ2) is 40.2. The number of pyridine rings is 2. The predicted octanol–water partition coefficient (Wildman–Crippen LogP) is 19.9. The molecule has 110 heavy (non-hydrogen) atoms. The quantitative estimate of drug-likeness (QED) is 0.0923. The highest BCUT2D eigenvalue weighted by molar-refractivity contribution is 9.10.